The molecule has 1 atom stereocenters. The Bertz CT molecular complexity index is 324. The number of rotatable bonds is 11. The van der Waals surface area contributed by atoms with Crippen molar-refractivity contribution in [2.24, 2.45) is 11.8 Å². The molecule has 0 aliphatic carbocycles. The Labute approximate surface area is 130 Å². The van der Waals surface area contributed by atoms with E-state index in [1.807, 2.05) is 0 Å². The van der Waals surface area contributed by atoms with Crippen molar-refractivity contribution in [2.45, 2.75) is 59.5 Å². The third kappa shape index (κ3) is 9.31. The molecule has 0 heterocycles. The van der Waals surface area contributed by atoms with Crippen LogP contribution in [0.5, 0.6) is 0 Å². The molecule has 0 aromatic carbocycles. The molecule has 0 spiro atoms. The largest absolute Gasteiger partial charge is 0.465 e. The molecular weight excluding hydrogens is 287 g/mol. The van der Waals surface area contributed by atoms with Crippen LogP contribution < -0.4 is 0 Å². The van der Waals surface area contributed by atoms with Crippen LogP contribution in [0.15, 0.2) is 0 Å². The molecule has 0 N–H and O–H groups in total. The Hall–Kier alpha value is -0.340. The topological polar surface area (TPSA) is 52.6 Å². The lowest BCUT2D eigenvalue weighted by molar-refractivity contribution is -0.146. The highest BCUT2D eigenvalue weighted by atomic mass is 31.1. The van der Waals surface area contributed by atoms with Gasteiger partial charge in [-0.1, -0.05) is 27.7 Å². The van der Waals surface area contributed by atoms with Gasteiger partial charge in [-0.25, -0.2) is 0 Å². The van der Waals surface area contributed by atoms with E-state index in [2.05, 4.69) is 27.7 Å². The normalized spacial score (nSPS) is 13.7. The van der Waals surface area contributed by atoms with E-state index in [0.29, 0.717) is 37.8 Å². The molecule has 0 bridgehead atoms. The maximum atomic E-state index is 12.3. The van der Waals surface area contributed by atoms with Crippen molar-refractivity contribution >= 4 is 13.8 Å². The second kappa shape index (κ2) is 10.4. The van der Waals surface area contributed by atoms with Gasteiger partial charge >= 0.3 is 5.97 Å². The van der Waals surface area contributed by atoms with Crippen molar-refractivity contribution in [2.75, 3.05) is 26.0 Å². The maximum Gasteiger partial charge on any atom is 0.318 e. The number of hydrogen-bond acceptors (Lipinski definition) is 4. The maximum absolute atomic E-state index is 12.3. The minimum absolute atomic E-state index is 0.353. The predicted octanol–water partition coefficient (Wildman–Crippen LogP) is 3.98. The third-order valence-electron chi connectivity index (χ3n) is 3.45. The predicted molar refractivity (Wildman–Crippen MR) is 88.6 cm³/mol. The molecule has 5 heteroatoms. The van der Waals surface area contributed by atoms with E-state index in [1.54, 1.807) is 13.8 Å². The lowest BCUT2D eigenvalue weighted by Crippen LogP contribution is -2.31. The van der Waals surface area contributed by atoms with Crippen LogP contribution in [-0.4, -0.2) is 37.1 Å². The molecule has 0 aromatic rings. The highest BCUT2D eigenvalue weighted by Gasteiger charge is 2.35. The molecular formula is C16H33O4P. The van der Waals surface area contributed by atoms with Crippen molar-refractivity contribution in [3.63, 3.8) is 0 Å². The first-order valence-corrected chi connectivity index (χ1v) is 9.57. The lowest BCUT2D eigenvalue weighted by Gasteiger charge is -2.22. The lowest BCUT2D eigenvalue weighted by atomic mass is 10.1. The van der Waals surface area contributed by atoms with Gasteiger partial charge in [0.25, 0.3) is 0 Å². The molecule has 0 amide bonds. The quantitative estimate of drug-likeness (QED) is 0.328. The van der Waals surface area contributed by atoms with Crippen molar-refractivity contribution in [1.82, 2.24) is 0 Å². The number of carbonyl (C=O) groups excluding carboxylic acids is 1. The fourth-order valence-electron chi connectivity index (χ4n) is 1.58. The van der Waals surface area contributed by atoms with Crippen LogP contribution >= 0.6 is 7.80 Å². The van der Waals surface area contributed by atoms with Crippen LogP contribution in [-0.2, 0) is 18.8 Å². The van der Waals surface area contributed by atoms with E-state index in [9.17, 15) is 9.36 Å². The minimum Gasteiger partial charge on any atom is -0.465 e. The summed E-state index contributed by atoms with van der Waals surface area (Å²) in [4.78, 5) is 12.0. The molecule has 1 unspecified atom stereocenters. The number of ether oxygens (including phenoxy) is 2. The van der Waals surface area contributed by atoms with Crippen molar-refractivity contribution in [1.29, 1.82) is 0 Å². The van der Waals surface area contributed by atoms with Gasteiger partial charge in [-0.3, -0.25) is 4.79 Å². The minimum atomic E-state index is -2.06. The molecule has 0 saturated heterocycles. The number of hydrogen-bond donors (Lipinski definition) is 0. The molecule has 126 valence electrons. The van der Waals surface area contributed by atoms with Crippen LogP contribution in [0.2, 0.25) is 0 Å². The Balaban J connectivity index is 4.05. The van der Waals surface area contributed by atoms with Gasteiger partial charge in [0.05, 0.1) is 21.0 Å². The Kier molecular flexibility index (Phi) is 10.2. The van der Waals surface area contributed by atoms with E-state index in [1.165, 1.54) is 0 Å². The van der Waals surface area contributed by atoms with E-state index in [-0.39, 0.29) is 5.97 Å². The van der Waals surface area contributed by atoms with Crippen LogP contribution in [0, 0.1) is 11.8 Å². The second-order valence-electron chi connectivity index (χ2n) is 6.91. The van der Waals surface area contributed by atoms with Crippen LogP contribution in [0.4, 0.5) is 0 Å². The van der Waals surface area contributed by atoms with E-state index in [4.69, 9.17) is 9.47 Å². The summed E-state index contributed by atoms with van der Waals surface area (Å²) < 4.78 is 23.0. The molecule has 0 saturated carbocycles. The summed E-state index contributed by atoms with van der Waals surface area (Å²) in [5, 5.41) is -0.900. The number of carbonyl (C=O) groups is 1. The van der Waals surface area contributed by atoms with Gasteiger partial charge in [-0.15, -0.1) is 0 Å². The van der Waals surface area contributed by atoms with Crippen molar-refractivity contribution in [3.8, 4) is 0 Å². The number of esters is 1. The highest BCUT2D eigenvalue weighted by Crippen LogP contribution is 2.39. The molecule has 0 aliphatic heterocycles. The van der Waals surface area contributed by atoms with Gasteiger partial charge in [0, 0.05) is 12.8 Å². The first-order valence-electron chi connectivity index (χ1n) is 7.96. The van der Waals surface area contributed by atoms with Gasteiger partial charge in [-0.05, 0) is 38.5 Å². The monoisotopic (exact) mass is 320 g/mol. The molecule has 0 aliphatic rings. The second-order valence-corrected chi connectivity index (χ2v) is 9.51. The van der Waals surface area contributed by atoms with Crippen molar-refractivity contribution in [3.05, 3.63) is 0 Å². The summed E-state index contributed by atoms with van der Waals surface area (Å²) in [6.45, 7) is 13.4. The summed E-state index contributed by atoms with van der Waals surface area (Å²) in [6, 6.07) is 0. The summed E-state index contributed by atoms with van der Waals surface area (Å²) in [5.74, 6) is 0.746. The molecule has 0 aromatic heterocycles. The van der Waals surface area contributed by atoms with Crippen LogP contribution in [0.3, 0.4) is 0 Å². The van der Waals surface area contributed by atoms with Gasteiger partial charge in [0.15, 0.2) is 0 Å². The molecule has 0 fully saturated rings. The first-order chi connectivity index (χ1) is 9.67. The van der Waals surface area contributed by atoms with Crippen LogP contribution in [0.25, 0.3) is 0 Å². The standard InChI is InChI=1S/C16H33O4P/c1-13(2)7-9-19-11-12-21(18)16(5,6)15(17)20-10-8-14(3)4/h13-14,21H,7-12H2,1-6H3. The zero-order valence-corrected chi connectivity index (χ0v) is 15.5. The van der Waals surface area contributed by atoms with Gasteiger partial charge in [-0.2, -0.15) is 0 Å². The van der Waals surface area contributed by atoms with Crippen LogP contribution in [0.1, 0.15) is 54.4 Å². The SMILES string of the molecule is CC(C)CCOCC[PH](=O)C(C)(C)C(=O)OCCC(C)C. The summed E-state index contributed by atoms with van der Waals surface area (Å²) in [6.07, 6.45) is 2.28. The fraction of sp³-hybridized carbons (Fsp3) is 0.938. The van der Waals surface area contributed by atoms with Gasteiger partial charge < -0.3 is 14.0 Å². The average Bonchev–Trinajstić information content (AvgIpc) is 2.36. The highest BCUT2D eigenvalue weighted by molar-refractivity contribution is 7.47. The summed E-state index contributed by atoms with van der Waals surface area (Å²) in [7, 11) is -2.06. The zero-order valence-electron chi connectivity index (χ0n) is 14.5. The first kappa shape index (κ1) is 20.7. The average molecular weight is 320 g/mol. The van der Waals surface area contributed by atoms with Gasteiger partial charge in [0.2, 0.25) is 0 Å². The van der Waals surface area contributed by atoms with E-state index >= 15 is 0 Å². The zero-order chi connectivity index (χ0) is 16.5. The fourth-order valence-corrected chi connectivity index (χ4v) is 2.83. The van der Waals surface area contributed by atoms with Crippen molar-refractivity contribution < 1.29 is 18.8 Å². The Morgan fingerprint density at radius 1 is 1.00 bits per heavy atom. The molecule has 0 radical (unpaired) electrons. The van der Waals surface area contributed by atoms with Gasteiger partial charge in [0.1, 0.15) is 5.16 Å². The summed E-state index contributed by atoms with van der Waals surface area (Å²) in [5.41, 5.74) is 0. The molecule has 0 rings (SSSR count). The van der Waals surface area contributed by atoms with E-state index in [0.717, 1.165) is 12.8 Å². The Morgan fingerprint density at radius 3 is 2.05 bits per heavy atom. The smallest absolute Gasteiger partial charge is 0.318 e. The molecule has 4 nitrogen and oxygen atoms in total. The Morgan fingerprint density at radius 2 is 1.52 bits per heavy atom. The molecule has 21 heavy (non-hydrogen) atoms. The third-order valence-corrected chi connectivity index (χ3v) is 5.71. The summed E-state index contributed by atoms with van der Waals surface area (Å²) >= 11 is 0. The van der Waals surface area contributed by atoms with E-state index < -0.39 is 13.0 Å².